The molecule has 0 bridgehead atoms. The number of allylic oxidation sites excluding steroid dienone is 2. The van der Waals surface area contributed by atoms with Crippen LogP contribution in [0.4, 0.5) is 4.39 Å². The van der Waals surface area contributed by atoms with E-state index in [1.54, 1.807) is 12.1 Å². The van der Waals surface area contributed by atoms with Gasteiger partial charge in [0.1, 0.15) is 5.82 Å². The first kappa shape index (κ1) is 15.0. The first-order valence-electron chi connectivity index (χ1n) is 7.31. The number of benzene rings is 1. The molecule has 1 aliphatic carbocycles. The molecule has 0 saturated carbocycles. The maximum atomic E-state index is 14.2. The summed E-state index contributed by atoms with van der Waals surface area (Å²) in [6, 6.07) is 6.83. The fraction of sp³-hybridized carbons (Fsp3) is 0.444. The third-order valence-corrected chi connectivity index (χ3v) is 4.20. The normalized spacial score (nSPS) is 26.2. The van der Waals surface area contributed by atoms with E-state index >= 15 is 0 Å². The van der Waals surface area contributed by atoms with Gasteiger partial charge in [-0.3, -0.25) is 0 Å². The molecule has 0 aromatic heterocycles. The van der Waals surface area contributed by atoms with Gasteiger partial charge < -0.3 is 5.73 Å². The Hall–Kier alpha value is -1.41. The second-order valence-electron chi connectivity index (χ2n) is 6.34. The lowest BCUT2D eigenvalue weighted by Gasteiger charge is -2.40. The van der Waals surface area contributed by atoms with Gasteiger partial charge in [0.2, 0.25) is 0 Å². The van der Waals surface area contributed by atoms with Gasteiger partial charge in [-0.1, -0.05) is 64.1 Å². The van der Waals surface area contributed by atoms with E-state index in [4.69, 9.17) is 5.73 Å². The summed E-state index contributed by atoms with van der Waals surface area (Å²) in [5.41, 5.74) is 7.71. The molecule has 108 valence electrons. The van der Waals surface area contributed by atoms with Gasteiger partial charge >= 0.3 is 0 Å². The quantitative estimate of drug-likeness (QED) is 0.867. The highest BCUT2D eigenvalue weighted by atomic mass is 19.1. The molecule has 2 heteroatoms. The summed E-state index contributed by atoms with van der Waals surface area (Å²) in [6.07, 6.45) is 6.25. The van der Waals surface area contributed by atoms with Crippen LogP contribution in [0.15, 0.2) is 48.1 Å². The summed E-state index contributed by atoms with van der Waals surface area (Å²) in [7, 11) is 0. The number of rotatable bonds is 3. The van der Waals surface area contributed by atoms with Crippen LogP contribution in [0.25, 0.3) is 0 Å². The molecule has 2 N–H and O–H groups in total. The third-order valence-electron chi connectivity index (χ3n) is 4.20. The van der Waals surface area contributed by atoms with E-state index < -0.39 is 5.54 Å². The van der Waals surface area contributed by atoms with Crippen molar-refractivity contribution in [2.24, 2.45) is 23.5 Å². The molecule has 1 aromatic carbocycles. The number of halogens is 1. The van der Waals surface area contributed by atoms with Crippen LogP contribution in [0.5, 0.6) is 0 Å². The Morgan fingerprint density at radius 2 is 1.80 bits per heavy atom. The van der Waals surface area contributed by atoms with E-state index in [2.05, 4.69) is 39.8 Å². The van der Waals surface area contributed by atoms with Crippen LogP contribution in [0, 0.1) is 23.6 Å². The van der Waals surface area contributed by atoms with Crippen molar-refractivity contribution in [3.05, 3.63) is 59.4 Å². The molecule has 0 spiro atoms. The van der Waals surface area contributed by atoms with Crippen LogP contribution in [0.2, 0.25) is 0 Å². The van der Waals surface area contributed by atoms with E-state index in [-0.39, 0.29) is 11.7 Å². The van der Waals surface area contributed by atoms with Crippen molar-refractivity contribution in [3.8, 4) is 0 Å². The highest BCUT2D eigenvalue weighted by Crippen LogP contribution is 2.40. The molecule has 20 heavy (non-hydrogen) atoms. The average Bonchev–Trinajstić information content (AvgIpc) is 2.38. The van der Waals surface area contributed by atoms with E-state index in [1.807, 2.05) is 12.1 Å². The Kier molecular flexibility index (Phi) is 4.14. The van der Waals surface area contributed by atoms with Crippen LogP contribution in [-0.4, -0.2) is 0 Å². The monoisotopic (exact) mass is 273 g/mol. The molecule has 0 aliphatic heterocycles. The summed E-state index contributed by atoms with van der Waals surface area (Å²) < 4.78 is 14.2. The fourth-order valence-corrected chi connectivity index (χ4v) is 2.96. The van der Waals surface area contributed by atoms with Crippen molar-refractivity contribution < 1.29 is 4.39 Å². The highest BCUT2D eigenvalue weighted by molar-refractivity contribution is 5.40. The van der Waals surface area contributed by atoms with Crippen molar-refractivity contribution in [2.45, 2.75) is 33.2 Å². The molecule has 2 unspecified atom stereocenters. The molecule has 1 aromatic rings. The molecular formula is C18H24FN. The summed E-state index contributed by atoms with van der Waals surface area (Å²) in [5.74, 6) is 0.671. The SMILES string of the molecule is CC(C)C1=CC(C(C)C)C(N)(c2ccccc2F)C=C1. The predicted molar refractivity (Wildman–Crippen MR) is 82.7 cm³/mol. The number of nitrogens with two attached hydrogens (primary N) is 1. The highest BCUT2D eigenvalue weighted by Gasteiger charge is 2.39. The Bertz CT molecular complexity index is 542. The Morgan fingerprint density at radius 3 is 2.35 bits per heavy atom. The molecular weight excluding hydrogens is 249 g/mol. The average molecular weight is 273 g/mol. The standard InChI is InChI=1S/C18H24FN/c1-12(2)14-9-10-18(20,16(11-14)13(3)4)15-7-5-6-8-17(15)19/h5-13,16H,20H2,1-4H3. The number of hydrogen-bond acceptors (Lipinski definition) is 1. The maximum absolute atomic E-state index is 14.2. The van der Waals surface area contributed by atoms with Crippen molar-refractivity contribution in [1.29, 1.82) is 0 Å². The molecule has 0 radical (unpaired) electrons. The largest absolute Gasteiger partial charge is 0.318 e. The minimum absolute atomic E-state index is 0.0989. The second kappa shape index (κ2) is 5.53. The van der Waals surface area contributed by atoms with Gasteiger partial charge in [-0.2, -0.15) is 0 Å². The van der Waals surface area contributed by atoms with E-state index in [9.17, 15) is 4.39 Å². The molecule has 1 nitrogen and oxygen atoms in total. The smallest absolute Gasteiger partial charge is 0.128 e. The predicted octanol–water partition coefficient (Wildman–Crippen LogP) is 4.40. The van der Waals surface area contributed by atoms with Gasteiger partial charge in [0, 0.05) is 11.5 Å². The second-order valence-corrected chi connectivity index (χ2v) is 6.34. The van der Waals surface area contributed by atoms with Crippen LogP contribution < -0.4 is 5.73 Å². The summed E-state index contributed by atoms with van der Waals surface area (Å²) in [6.45, 7) is 8.61. The minimum atomic E-state index is -0.766. The lowest BCUT2D eigenvalue weighted by atomic mass is 9.69. The van der Waals surface area contributed by atoms with E-state index in [0.29, 0.717) is 17.4 Å². The summed E-state index contributed by atoms with van der Waals surface area (Å²) in [5, 5.41) is 0. The van der Waals surface area contributed by atoms with Crippen LogP contribution in [-0.2, 0) is 5.54 Å². The van der Waals surface area contributed by atoms with Crippen molar-refractivity contribution in [1.82, 2.24) is 0 Å². The molecule has 0 amide bonds. The van der Waals surface area contributed by atoms with Gasteiger partial charge in [-0.05, 0) is 23.5 Å². The van der Waals surface area contributed by atoms with Crippen LogP contribution in [0.1, 0.15) is 33.3 Å². The van der Waals surface area contributed by atoms with Gasteiger partial charge in [0.25, 0.3) is 0 Å². The molecule has 1 aliphatic rings. The van der Waals surface area contributed by atoms with Gasteiger partial charge in [-0.25, -0.2) is 4.39 Å². The zero-order valence-electron chi connectivity index (χ0n) is 12.7. The van der Waals surface area contributed by atoms with Crippen LogP contribution >= 0.6 is 0 Å². The first-order chi connectivity index (χ1) is 9.36. The van der Waals surface area contributed by atoms with Crippen LogP contribution in [0.3, 0.4) is 0 Å². The topological polar surface area (TPSA) is 26.0 Å². The fourth-order valence-electron chi connectivity index (χ4n) is 2.96. The molecule has 0 fully saturated rings. The minimum Gasteiger partial charge on any atom is -0.318 e. The Balaban J connectivity index is 2.51. The first-order valence-corrected chi connectivity index (χ1v) is 7.31. The molecule has 2 atom stereocenters. The van der Waals surface area contributed by atoms with E-state index in [0.717, 1.165) is 0 Å². The number of hydrogen-bond donors (Lipinski definition) is 1. The zero-order valence-corrected chi connectivity index (χ0v) is 12.7. The molecule has 0 heterocycles. The maximum Gasteiger partial charge on any atom is 0.128 e. The lowest BCUT2D eigenvalue weighted by Crippen LogP contribution is -2.46. The van der Waals surface area contributed by atoms with Crippen molar-refractivity contribution >= 4 is 0 Å². The molecule has 0 saturated heterocycles. The third kappa shape index (κ3) is 2.57. The summed E-state index contributed by atoms with van der Waals surface area (Å²) >= 11 is 0. The molecule has 2 rings (SSSR count). The van der Waals surface area contributed by atoms with Gasteiger partial charge in [-0.15, -0.1) is 0 Å². The zero-order chi connectivity index (χ0) is 14.9. The van der Waals surface area contributed by atoms with Gasteiger partial charge in [0.05, 0.1) is 5.54 Å². The summed E-state index contributed by atoms with van der Waals surface area (Å²) in [4.78, 5) is 0. The van der Waals surface area contributed by atoms with E-state index in [1.165, 1.54) is 11.6 Å². The lowest BCUT2D eigenvalue weighted by molar-refractivity contribution is 0.302. The van der Waals surface area contributed by atoms with Gasteiger partial charge in [0.15, 0.2) is 0 Å². The Morgan fingerprint density at radius 1 is 1.15 bits per heavy atom. The van der Waals surface area contributed by atoms with Crippen molar-refractivity contribution in [2.75, 3.05) is 0 Å². The van der Waals surface area contributed by atoms with Crippen molar-refractivity contribution in [3.63, 3.8) is 0 Å². The Labute approximate surface area is 121 Å².